The molecule has 2 aromatic carbocycles. The normalized spacial score (nSPS) is 11.0. The fourth-order valence-corrected chi connectivity index (χ4v) is 3.24. The minimum atomic E-state index is 0.0489. The summed E-state index contributed by atoms with van der Waals surface area (Å²) in [5.41, 5.74) is 2.61. The van der Waals surface area contributed by atoms with Crippen molar-refractivity contribution in [2.75, 3.05) is 11.4 Å². The third-order valence-corrected chi connectivity index (χ3v) is 4.74. The maximum absolute atomic E-state index is 13.2. The number of amides is 1. The number of unbranched alkanes of at least 4 members (excludes halogenated alkanes) is 5. The van der Waals surface area contributed by atoms with Crippen molar-refractivity contribution in [2.45, 2.75) is 45.4 Å². The molecule has 1 heterocycles. The lowest BCUT2D eigenvalue weighted by Crippen LogP contribution is -2.31. The zero-order valence-electron chi connectivity index (χ0n) is 15.4. The van der Waals surface area contributed by atoms with E-state index in [0.29, 0.717) is 5.56 Å². The first-order valence-electron chi connectivity index (χ1n) is 9.59. The number of anilines is 1. The van der Waals surface area contributed by atoms with Gasteiger partial charge in [0, 0.05) is 23.2 Å². The molecule has 0 spiro atoms. The minimum Gasteiger partial charge on any atom is -0.308 e. The number of fused-ring (bicyclic) bond motifs is 1. The topological polar surface area (TPSA) is 49.0 Å². The lowest BCUT2D eigenvalue weighted by Gasteiger charge is -2.23. The van der Waals surface area contributed by atoms with Crippen molar-refractivity contribution in [3.63, 3.8) is 0 Å². The highest BCUT2D eigenvalue weighted by atomic mass is 16.2. The summed E-state index contributed by atoms with van der Waals surface area (Å²) in [5.74, 6) is 0.0489. The van der Waals surface area contributed by atoms with E-state index in [-0.39, 0.29) is 5.91 Å². The van der Waals surface area contributed by atoms with Crippen LogP contribution in [0.15, 0.2) is 54.7 Å². The predicted octanol–water partition coefficient (Wildman–Crippen LogP) is 5.57. The van der Waals surface area contributed by atoms with Crippen LogP contribution >= 0.6 is 0 Å². The third-order valence-electron chi connectivity index (χ3n) is 4.74. The number of carbonyl (C=O) groups excluding carboxylic acids is 1. The summed E-state index contributed by atoms with van der Waals surface area (Å²) < 4.78 is 0. The maximum Gasteiger partial charge on any atom is 0.258 e. The van der Waals surface area contributed by atoms with Crippen LogP contribution in [0.4, 0.5) is 5.69 Å². The second kappa shape index (κ2) is 9.18. The van der Waals surface area contributed by atoms with Crippen LogP contribution in [0.25, 0.3) is 10.9 Å². The number of benzene rings is 2. The van der Waals surface area contributed by atoms with Crippen LogP contribution < -0.4 is 4.90 Å². The van der Waals surface area contributed by atoms with Gasteiger partial charge in [-0.1, -0.05) is 57.2 Å². The van der Waals surface area contributed by atoms with Gasteiger partial charge in [-0.2, -0.15) is 5.10 Å². The van der Waals surface area contributed by atoms with Gasteiger partial charge in [-0.15, -0.1) is 0 Å². The molecule has 3 rings (SSSR count). The van der Waals surface area contributed by atoms with Gasteiger partial charge >= 0.3 is 0 Å². The van der Waals surface area contributed by atoms with Crippen molar-refractivity contribution in [2.24, 2.45) is 0 Å². The van der Waals surface area contributed by atoms with E-state index in [1.54, 1.807) is 6.20 Å². The second-order valence-electron chi connectivity index (χ2n) is 6.73. The number of nitrogens with zero attached hydrogens (tertiary/aromatic N) is 2. The summed E-state index contributed by atoms with van der Waals surface area (Å²) in [4.78, 5) is 15.1. The van der Waals surface area contributed by atoms with Gasteiger partial charge in [-0.3, -0.25) is 9.89 Å². The molecule has 1 aromatic heterocycles. The quantitative estimate of drug-likeness (QED) is 0.513. The monoisotopic (exact) mass is 349 g/mol. The Hall–Kier alpha value is -2.62. The zero-order valence-corrected chi connectivity index (χ0v) is 15.4. The van der Waals surface area contributed by atoms with Crippen LogP contribution in [0.5, 0.6) is 0 Å². The molecule has 0 aliphatic rings. The van der Waals surface area contributed by atoms with Gasteiger partial charge in [0.1, 0.15) is 0 Å². The van der Waals surface area contributed by atoms with E-state index in [0.717, 1.165) is 36.0 Å². The number of hydrogen-bond acceptors (Lipinski definition) is 2. The highest BCUT2D eigenvalue weighted by Crippen LogP contribution is 2.20. The molecule has 0 atom stereocenters. The largest absolute Gasteiger partial charge is 0.308 e. The molecule has 0 aliphatic heterocycles. The number of hydrogen-bond donors (Lipinski definition) is 1. The van der Waals surface area contributed by atoms with Crippen LogP contribution in [0.1, 0.15) is 55.8 Å². The van der Waals surface area contributed by atoms with Crippen LogP contribution in [-0.4, -0.2) is 22.6 Å². The van der Waals surface area contributed by atoms with Gasteiger partial charge in [0.05, 0.1) is 11.7 Å². The van der Waals surface area contributed by atoms with Crippen LogP contribution in [0.3, 0.4) is 0 Å². The van der Waals surface area contributed by atoms with Gasteiger partial charge in [-0.25, -0.2) is 0 Å². The highest BCUT2D eigenvalue weighted by molar-refractivity contribution is 6.07. The summed E-state index contributed by atoms with van der Waals surface area (Å²) >= 11 is 0. The summed E-state index contributed by atoms with van der Waals surface area (Å²) in [5, 5.41) is 7.93. The number of nitrogens with one attached hydrogen (secondary N) is 1. The molecular formula is C22H27N3O. The van der Waals surface area contributed by atoms with E-state index < -0.39 is 0 Å². The molecule has 1 amide bonds. The first-order chi connectivity index (χ1) is 12.8. The molecule has 26 heavy (non-hydrogen) atoms. The number of rotatable bonds is 9. The fourth-order valence-electron chi connectivity index (χ4n) is 3.24. The fraction of sp³-hybridized carbons (Fsp3) is 0.364. The smallest absolute Gasteiger partial charge is 0.258 e. The lowest BCUT2D eigenvalue weighted by molar-refractivity contribution is 0.0986. The molecule has 0 bridgehead atoms. The van der Waals surface area contributed by atoms with Crippen molar-refractivity contribution >= 4 is 22.5 Å². The summed E-state index contributed by atoms with van der Waals surface area (Å²) in [6.45, 7) is 2.98. The van der Waals surface area contributed by atoms with E-state index in [9.17, 15) is 4.79 Å². The molecule has 1 N–H and O–H groups in total. The number of aromatic amines is 1. The molecule has 0 saturated heterocycles. The Morgan fingerprint density at radius 2 is 1.77 bits per heavy atom. The SMILES string of the molecule is CCCCCCCCN(C(=O)c1ccc2[nH]ncc2c1)c1ccccc1. The maximum atomic E-state index is 13.2. The molecule has 4 heteroatoms. The summed E-state index contributed by atoms with van der Waals surface area (Å²) in [7, 11) is 0. The standard InChI is InChI=1S/C22H27N3O/c1-2-3-4-5-6-10-15-25(20-11-8-7-9-12-20)22(26)18-13-14-21-19(16-18)17-23-24-21/h7-9,11-14,16-17H,2-6,10,15H2,1H3,(H,23,24). The van der Waals surface area contributed by atoms with E-state index >= 15 is 0 Å². The van der Waals surface area contributed by atoms with Gasteiger partial charge in [0.25, 0.3) is 5.91 Å². The number of aromatic nitrogens is 2. The molecule has 0 saturated carbocycles. The molecule has 0 unspecified atom stereocenters. The average Bonchev–Trinajstić information content (AvgIpc) is 3.15. The number of H-pyrrole nitrogens is 1. The van der Waals surface area contributed by atoms with Crippen molar-refractivity contribution < 1.29 is 4.79 Å². The zero-order chi connectivity index (χ0) is 18.2. The Bertz CT molecular complexity index is 826. The van der Waals surface area contributed by atoms with Gasteiger partial charge in [0.2, 0.25) is 0 Å². The van der Waals surface area contributed by atoms with Crippen molar-refractivity contribution in [1.82, 2.24) is 10.2 Å². The molecule has 0 aliphatic carbocycles. The Labute approximate surface area is 155 Å². The van der Waals surface area contributed by atoms with Crippen molar-refractivity contribution in [3.8, 4) is 0 Å². The number of para-hydroxylation sites is 1. The summed E-state index contributed by atoms with van der Waals surface area (Å²) in [6.07, 6.45) is 9.03. The number of carbonyl (C=O) groups is 1. The lowest BCUT2D eigenvalue weighted by atomic mass is 10.1. The Kier molecular flexibility index (Phi) is 6.42. The van der Waals surface area contributed by atoms with Gasteiger partial charge in [0.15, 0.2) is 0 Å². The first-order valence-corrected chi connectivity index (χ1v) is 9.59. The Morgan fingerprint density at radius 3 is 2.58 bits per heavy atom. The molecular weight excluding hydrogens is 322 g/mol. The highest BCUT2D eigenvalue weighted by Gasteiger charge is 2.17. The minimum absolute atomic E-state index is 0.0489. The van der Waals surface area contributed by atoms with E-state index in [2.05, 4.69) is 17.1 Å². The van der Waals surface area contributed by atoms with Crippen LogP contribution in [0, 0.1) is 0 Å². The molecule has 3 aromatic rings. The van der Waals surface area contributed by atoms with E-state index in [1.165, 1.54) is 25.7 Å². The average molecular weight is 349 g/mol. The molecule has 0 radical (unpaired) electrons. The Morgan fingerprint density at radius 1 is 1.00 bits per heavy atom. The molecule has 0 fully saturated rings. The van der Waals surface area contributed by atoms with Crippen molar-refractivity contribution in [1.29, 1.82) is 0 Å². The third kappa shape index (κ3) is 4.51. The molecule has 4 nitrogen and oxygen atoms in total. The van der Waals surface area contributed by atoms with Crippen molar-refractivity contribution in [3.05, 3.63) is 60.3 Å². The Balaban J connectivity index is 1.72. The van der Waals surface area contributed by atoms with Gasteiger partial charge in [-0.05, 0) is 36.8 Å². The van der Waals surface area contributed by atoms with Crippen LogP contribution in [0.2, 0.25) is 0 Å². The second-order valence-corrected chi connectivity index (χ2v) is 6.73. The first kappa shape index (κ1) is 18.2. The van der Waals surface area contributed by atoms with Crippen LogP contribution in [-0.2, 0) is 0 Å². The predicted molar refractivity (Wildman–Crippen MR) is 108 cm³/mol. The molecule has 136 valence electrons. The van der Waals surface area contributed by atoms with E-state index in [1.807, 2.05) is 53.4 Å². The van der Waals surface area contributed by atoms with E-state index in [4.69, 9.17) is 0 Å². The summed E-state index contributed by atoms with van der Waals surface area (Å²) in [6, 6.07) is 15.7. The van der Waals surface area contributed by atoms with Gasteiger partial charge < -0.3 is 4.90 Å².